The fourth-order valence-electron chi connectivity index (χ4n) is 8.72. The Morgan fingerprint density at radius 3 is 0.967 bits per heavy atom. The van der Waals surface area contributed by atoms with Gasteiger partial charge in [0.1, 0.15) is 0 Å². The van der Waals surface area contributed by atoms with E-state index in [1.54, 1.807) is 0 Å². The summed E-state index contributed by atoms with van der Waals surface area (Å²) in [5.41, 5.74) is 0. The van der Waals surface area contributed by atoms with E-state index in [4.69, 9.17) is 19.4 Å². The fourth-order valence-corrected chi connectivity index (χ4v) is 8.72. The molecule has 0 aromatic rings. The Hall–Kier alpha value is -1.63. The van der Waals surface area contributed by atoms with Crippen LogP contribution in [-0.4, -0.2) is 62.3 Å². The Balaban J connectivity index is 0. The molecule has 0 aliphatic carbocycles. The number of esters is 2. The van der Waals surface area contributed by atoms with Crippen molar-refractivity contribution < 1.29 is 29.0 Å². The van der Waals surface area contributed by atoms with E-state index in [0.717, 1.165) is 56.3 Å². The molecule has 0 aromatic heterocycles. The summed E-state index contributed by atoms with van der Waals surface area (Å²) in [4.78, 5) is 35.4. The Morgan fingerprint density at radius 2 is 0.667 bits per heavy atom. The van der Waals surface area contributed by atoms with Crippen molar-refractivity contribution in [2.24, 2.45) is 17.8 Å². The van der Waals surface area contributed by atoms with Crippen molar-refractivity contribution in [3.05, 3.63) is 0 Å². The largest absolute Gasteiger partial charge is 0.483 e. The molecule has 0 spiro atoms. The molecule has 0 rings (SSSR count). The zero-order chi connectivity index (χ0) is 44.6. The second kappa shape index (κ2) is 50.0. The Kier molecular flexibility index (Phi) is 50.4. The highest BCUT2D eigenvalue weighted by Gasteiger charge is 2.13. The quantitative estimate of drug-likeness (QED) is 0.0370. The van der Waals surface area contributed by atoms with Gasteiger partial charge in [0.05, 0.1) is 13.2 Å². The lowest BCUT2D eigenvalue weighted by Gasteiger charge is -2.18. The summed E-state index contributed by atoms with van der Waals surface area (Å²) in [6.45, 7) is 11.3. The number of carboxylic acid groups (broad SMARTS) is 1. The van der Waals surface area contributed by atoms with Gasteiger partial charge in [-0.2, -0.15) is 0 Å². The maximum atomic E-state index is 12.3. The van der Waals surface area contributed by atoms with Gasteiger partial charge in [0, 0.05) is 12.8 Å². The molecule has 60 heavy (non-hydrogen) atoms. The number of carbonyl (C=O) groups excluding carboxylic acids is 2. The molecule has 7 heteroatoms. The lowest BCUT2D eigenvalue weighted by molar-refractivity contribution is -0.145. The van der Waals surface area contributed by atoms with Crippen molar-refractivity contribution in [1.29, 1.82) is 0 Å². The number of carbonyl (C=O) groups is 3. The van der Waals surface area contributed by atoms with Crippen molar-refractivity contribution in [2.75, 3.05) is 33.9 Å². The lowest BCUT2D eigenvalue weighted by atomic mass is 9.90. The zero-order valence-corrected chi connectivity index (χ0v) is 41.2. The number of hydrogen-bond acceptors (Lipinski definition) is 6. The smallest absolute Gasteiger partial charge is 0.305 e. The van der Waals surface area contributed by atoms with Crippen LogP contribution >= 0.6 is 0 Å². The molecule has 0 amide bonds. The molecule has 0 fully saturated rings. The van der Waals surface area contributed by atoms with Gasteiger partial charge in [-0.25, -0.2) is 0 Å². The van der Waals surface area contributed by atoms with Crippen LogP contribution in [0, 0.1) is 17.8 Å². The molecule has 0 radical (unpaired) electrons. The van der Waals surface area contributed by atoms with Crippen molar-refractivity contribution in [1.82, 2.24) is 4.90 Å². The molecule has 0 saturated heterocycles. The van der Waals surface area contributed by atoms with Gasteiger partial charge in [0.25, 0.3) is 6.47 Å². The third-order valence-corrected chi connectivity index (χ3v) is 12.6. The second-order valence-electron chi connectivity index (χ2n) is 18.7. The number of unbranched alkanes of at least 4 members (excludes halogenated alkanes) is 20. The van der Waals surface area contributed by atoms with Gasteiger partial charge in [-0.05, 0) is 76.9 Å². The SMILES string of the molecule is CCCCCC(CCCCC)CCOC(=O)CCCCCCCCCC(CCCCCCCCCC(=O)OCCC(CCCCC)CCCCC)CCCN(C)C.O=CO. The Labute approximate surface area is 374 Å². The number of nitrogens with zero attached hydrogens (tertiary/aromatic N) is 1. The van der Waals surface area contributed by atoms with E-state index in [2.05, 4.69) is 46.7 Å². The second-order valence-corrected chi connectivity index (χ2v) is 18.7. The molecule has 0 unspecified atom stereocenters. The first-order valence-corrected chi connectivity index (χ1v) is 26.3. The van der Waals surface area contributed by atoms with E-state index in [1.165, 1.54) is 199 Å². The van der Waals surface area contributed by atoms with Crippen molar-refractivity contribution in [3.8, 4) is 0 Å². The third-order valence-electron chi connectivity index (χ3n) is 12.6. The van der Waals surface area contributed by atoms with Crippen LogP contribution in [0.1, 0.15) is 272 Å². The summed E-state index contributed by atoms with van der Waals surface area (Å²) in [6, 6.07) is 0. The molecule has 7 nitrogen and oxygen atoms in total. The molecule has 0 heterocycles. The van der Waals surface area contributed by atoms with Crippen LogP contribution in [0.15, 0.2) is 0 Å². The topological polar surface area (TPSA) is 93.1 Å². The fraction of sp³-hybridized carbons (Fsp3) is 0.943. The summed E-state index contributed by atoms with van der Waals surface area (Å²) >= 11 is 0. The Bertz CT molecular complexity index is 801. The van der Waals surface area contributed by atoms with Gasteiger partial charge >= 0.3 is 11.9 Å². The highest BCUT2D eigenvalue weighted by Crippen LogP contribution is 2.25. The van der Waals surface area contributed by atoms with Gasteiger partial charge < -0.3 is 19.5 Å². The van der Waals surface area contributed by atoms with Crippen molar-refractivity contribution >= 4 is 18.4 Å². The van der Waals surface area contributed by atoms with E-state index in [-0.39, 0.29) is 18.4 Å². The highest BCUT2D eigenvalue weighted by molar-refractivity contribution is 5.69. The molecule has 0 bridgehead atoms. The van der Waals surface area contributed by atoms with Gasteiger partial charge in [0.15, 0.2) is 0 Å². The lowest BCUT2D eigenvalue weighted by Crippen LogP contribution is -2.14. The molecular formula is C53H105NO6. The monoisotopic (exact) mass is 852 g/mol. The molecule has 0 saturated carbocycles. The van der Waals surface area contributed by atoms with Crippen LogP contribution in [0.4, 0.5) is 0 Å². The van der Waals surface area contributed by atoms with Gasteiger partial charge in [-0.15, -0.1) is 0 Å². The maximum absolute atomic E-state index is 12.3. The number of rotatable bonds is 46. The summed E-state index contributed by atoms with van der Waals surface area (Å²) < 4.78 is 11.3. The van der Waals surface area contributed by atoms with Crippen LogP contribution in [0.25, 0.3) is 0 Å². The normalized spacial score (nSPS) is 11.4. The first-order valence-electron chi connectivity index (χ1n) is 26.3. The van der Waals surface area contributed by atoms with Gasteiger partial charge in [-0.3, -0.25) is 14.4 Å². The van der Waals surface area contributed by atoms with E-state index in [0.29, 0.717) is 26.1 Å². The minimum Gasteiger partial charge on any atom is -0.483 e. The predicted octanol–water partition coefficient (Wildman–Crippen LogP) is 16.1. The molecule has 358 valence electrons. The standard InChI is InChI=1S/C52H103NO4.CH2O2/c1-7-11-25-34-49(35-26-12-8-2)43-46-56-51(54)41-31-23-19-15-17-21-29-38-48(40-33-45-53(5)6)39-30-22-18-16-20-24-32-42-52(55)57-47-44-50(36-27-13-9-3)37-28-14-10-4;2-1-3/h48-50H,7-47H2,1-6H3;1H,(H,2,3). The van der Waals surface area contributed by atoms with Crippen molar-refractivity contribution in [3.63, 3.8) is 0 Å². The average Bonchev–Trinajstić information content (AvgIpc) is 3.22. The zero-order valence-electron chi connectivity index (χ0n) is 41.2. The summed E-state index contributed by atoms with van der Waals surface area (Å²) in [6.07, 6.45) is 47.2. The van der Waals surface area contributed by atoms with Crippen molar-refractivity contribution in [2.45, 2.75) is 272 Å². The minimum atomic E-state index is -0.250. The van der Waals surface area contributed by atoms with Gasteiger partial charge in [-0.1, -0.05) is 220 Å². The molecule has 0 aliphatic heterocycles. The molecule has 0 aliphatic rings. The summed E-state index contributed by atoms with van der Waals surface area (Å²) in [7, 11) is 4.39. The summed E-state index contributed by atoms with van der Waals surface area (Å²) in [5.74, 6) is 2.39. The van der Waals surface area contributed by atoms with Crippen LogP contribution < -0.4 is 0 Å². The Morgan fingerprint density at radius 1 is 0.417 bits per heavy atom. The molecular weight excluding hydrogens is 747 g/mol. The third kappa shape index (κ3) is 47.4. The molecule has 0 atom stereocenters. The number of hydrogen-bond donors (Lipinski definition) is 1. The predicted molar refractivity (Wildman–Crippen MR) is 258 cm³/mol. The van der Waals surface area contributed by atoms with E-state index in [9.17, 15) is 9.59 Å². The first-order chi connectivity index (χ1) is 29.3. The summed E-state index contributed by atoms with van der Waals surface area (Å²) in [5, 5.41) is 6.89. The van der Waals surface area contributed by atoms with Gasteiger partial charge in [0.2, 0.25) is 0 Å². The van der Waals surface area contributed by atoms with Crippen LogP contribution in [-0.2, 0) is 23.9 Å². The van der Waals surface area contributed by atoms with E-state index < -0.39 is 0 Å². The minimum absolute atomic E-state index is 0.0230. The van der Waals surface area contributed by atoms with Crippen LogP contribution in [0.5, 0.6) is 0 Å². The number of ether oxygens (including phenoxy) is 2. The van der Waals surface area contributed by atoms with E-state index in [1.807, 2.05) is 0 Å². The molecule has 1 N–H and O–H groups in total. The molecule has 0 aromatic carbocycles. The average molecular weight is 852 g/mol. The van der Waals surface area contributed by atoms with E-state index >= 15 is 0 Å². The first kappa shape index (κ1) is 60.5. The highest BCUT2D eigenvalue weighted by atomic mass is 16.5. The maximum Gasteiger partial charge on any atom is 0.305 e. The van der Waals surface area contributed by atoms with Crippen LogP contribution in [0.2, 0.25) is 0 Å². The van der Waals surface area contributed by atoms with Crippen LogP contribution in [0.3, 0.4) is 0 Å².